The number of hydrogen-bond acceptors (Lipinski definition) is 1. The summed E-state index contributed by atoms with van der Waals surface area (Å²) < 4.78 is 0. The van der Waals surface area contributed by atoms with Crippen LogP contribution in [-0.4, -0.2) is 0 Å². The minimum Gasteiger partial charge on any atom is -0.311 e. The van der Waals surface area contributed by atoms with E-state index < -0.39 is 0 Å². The highest BCUT2D eigenvalue weighted by molar-refractivity contribution is 6.04. The normalized spacial score (nSPS) is 11.1. The van der Waals surface area contributed by atoms with Gasteiger partial charge in [-0.05, 0) is 137 Å². The molecule has 0 unspecified atom stereocenters. The molecule has 0 aliphatic carbocycles. The molecule has 0 radical (unpaired) electrons. The number of rotatable bonds is 10. The Morgan fingerprint density at radius 2 is 0.569 bits per heavy atom. The van der Waals surface area contributed by atoms with Crippen LogP contribution in [0, 0.1) is 0 Å². The monoisotopic (exact) mass is 827 g/mol. The summed E-state index contributed by atoms with van der Waals surface area (Å²) in [5.41, 5.74) is 20.1. The predicted octanol–water partition coefficient (Wildman–Crippen LogP) is 18.0. The minimum absolute atomic E-state index is 1.08. The molecule has 11 aromatic rings. The molecule has 11 aromatic carbocycles. The zero-order valence-corrected chi connectivity index (χ0v) is 35.9. The fourth-order valence-corrected chi connectivity index (χ4v) is 9.23. The van der Waals surface area contributed by atoms with Gasteiger partial charge in [-0.2, -0.15) is 0 Å². The molecule has 0 aliphatic heterocycles. The average Bonchev–Trinajstić information content (AvgIpc) is 3.40. The smallest absolute Gasteiger partial charge is 0.0462 e. The molecule has 0 amide bonds. The van der Waals surface area contributed by atoms with Gasteiger partial charge < -0.3 is 4.90 Å². The van der Waals surface area contributed by atoms with Crippen molar-refractivity contribution in [2.45, 2.75) is 0 Å². The SMILES string of the molecule is c1ccc(-c2cccc(-c3ccc(N(c4ccc(-c5ccc(-c6ccccc6)c(-c6ccccc6)c5)cc4)c4ccc(-c5c(-c6ccccc6)ccc6ccccc56)cc4)cc3)c2)cc1. The second kappa shape index (κ2) is 17.7. The molecular weight excluding hydrogens is 783 g/mol. The van der Waals surface area contributed by atoms with Gasteiger partial charge in [0.1, 0.15) is 0 Å². The molecule has 0 saturated heterocycles. The summed E-state index contributed by atoms with van der Waals surface area (Å²) in [7, 11) is 0. The summed E-state index contributed by atoms with van der Waals surface area (Å²) in [5, 5.41) is 2.47. The lowest BCUT2D eigenvalue weighted by Gasteiger charge is -2.26. The number of fused-ring (bicyclic) bond motifs is 1. The molecule has 0 N–H and O–H groups in total. The van der Waals surface area contributed by atoms with Gasteiger partial charge in [0, 0.05) is 17.1 Å². The lowest BCUT2D eigenvalue weighted by molar-refractivity contribution is 1.28. The van der Waals surface area contributed by atoms with E-state index in [9.17, 15) is 0 Å². The van der Waals surface area contributed by atoms with Gasteiger partial charge in [0.15, 0.2) is 0 Å². The van der Waals surface area contributed by atoms with Crippen LogP contribution < -0.4 is 4.90 Å². The van der Waals surface area contributed by atoms with E-state index in [0.717, 1.165) is 17.1 Å². The van der Waals surface area contributed by atoms with Crippen LogP contribution in [0.25, 0.3) is 88.7 Å². The predicted molar refractivity (Wildman–Crippen MR) is 277 cm³/mol. The van der Waals surface area contributed by atoms with E-state index in [2.05, 4.69) is 278 Å². The van der Waals surface area contributed by atoms with E-state index in [0.29, 0.717) is 0 Å². The lowest BCUT2D eigenvalue weighted by atomic mass is 9.89. The van der Waals surface area contributed by atoms with Gasteiger partial charge in [-0.15, -0.1) is 0 Å². The Hall–Kier alpha value is -8.52. The van der Waals surface area contributed by atoms with Crippen LogP contribution in [0.5, 0.6) is 0 Å². The third-order valence-electron chi connectivity index (χ3n) is 12.5. The highest BCUT2D eigenvalue weighted by atomic mass is 15.1. The van der Waals surface area contributed by atoms with E-state index >= 15 is 0 Å². The second-order valence-electron chi connectivity index (χ2n) is 16.5. The largest absolute Gasteiger partial charge is 0.311 e. The highest BCUT2D eigenvalue weighted by Crippen LogP contribution is 2.42. The first-order chi connectivity index (χ1) is 32.2. The number of anilines is 3. The van der Waals surface area contributed by atoms with Crippen LogP contribution in [0.3, 0.4) is 0 Å². The van der Waals surface area contributed by atoms with Gasteiger partial charge in [0.2, 0.25) is 0 Å². The summed E-state index contributed by atoms with van der Waals surface area (Å²) in [6.07, 6.45) is 0. The van der Waals surface area contributed by atoms with Crippen molar-refractivity contribution in [1.82, 2.24) is 0 Å². The lowest BCUT2D eigenvalue weighted by Crippen LogP contribution is -2.09. The average molecular weight is 828 g/mol. The third kappa shape index (κ3) is 8.04. The minimum atomic E-state index is 1.08. The molecule has 0 saturated carbocycles. The first kappa shape index (κ1) is 39.3. The van der Waals surface area contributed by atoms with Crippen LogP contribution in [0.2, 0.25) is 0 Å². The number of hydrogen-bond donors (Lipinski definition) is 0. The van der Waals surface area contributed by atoms with Crippen molar-refractivity contribution < 1.29 is 0 Å². The van der Waals surface area contributed by atoms with Crippen molar-refractivity contribution >= 4 is 27.8 Å². The molecule has 306 valence electrons. The van der Waals surface area contributed by atoms with Crippen molar-refractivity contribution in [3.05, 3.63) is 273 Å². The van der Waals surface area contributed by atoms with Crippen molar-refractivity contribution in [1.29, 1.82) is 0 Å². The molecule has 0 bridgehead atoms. The molecule has 65 heavy (non-hydrogen) atoms. The van der Waals surface area contributed by atoms with E-state index in [1.165, 1.54) is 88.7 Å². The summed E-state index contributed by atoms with van der Waals surface area (Å²) in [6, 6.07) is 98.7. The molecule has 0 heterocycles. The van der Waals surface area contributed by atoms with Gasteiger partial charge in [-0.3, -0.25) is 0 Å². The fraction of sp³-hybridized carbons (Fsp3) is 0. The Morgan fingerprint density at radius 1 is 0.200 bits per heavy atom. The molecule has 11 rings (SSSR count). The molecular formula is C64H45N. The van der Waals surface area contributed by atoms with Gasteiger partial charge in [0.25, 0.3) is 0 Å². The topological polar surface area (TPSA) is 3.24 Å². The Labute approximate surface area is 381 Å². The number of benzene rings is 11. The number of nitrogens with zero attached hydrogens (tertiary/aromatic N) is 1. The standard InChI is InChI=1S/C64H45N/c1-5-16-46(17-6-1)54-25-15-26-55(44-54)47-28-36-57(37-29-47)65(59-40-32-53(33-41-59)64-61-27-14-13-24-52(61)34-43-62(64)50-20-9-3-10-21-50)58-38-30-48(31-39-58)56-35-42-60(49-18-7-2-8-19-49)63(45-56)51-22-11-4-12-23-51/h1-45H. The molecule has 1 nitrogen and oxygen atoms in total. The van der Waals surface area contributed by atoms with Crippen LogP contribution in [0.15, 0.2) is 273 Å². The summed E-state index contributed by atoms with van der Waals surface area (Å²) in [4.78, 5) is 2.37. The van der Waals surface area contributed by atoms with Gasteiger partial charge in [0.05, 0.1) is 0 Å². The maximum absolute atomic E-state index is 2.37. The Morgan fingerprint density at radius 3 is 1.11 bits per heavy atom. The quantitative estimate of drug-likeness (QED) is 0.133. The molecule has 0 spiro atoms. The van der Waals surface area contributed by atoms with Crippen molar-refractivity contribution in [2.75, 3.05) is 4.90 Å². The van der Waals surface area contributed by atoms with Crippen molar-refractivity contribution in [3.8, 4) is 77.9 Å². The van der Waals surface area contributed by atoms with E-state index in [-0.39, 0.29) is 0 Å². The maximum atomic E-state index is 2.37. The first-order valence-electron chi connectivity index (χ1n) is 22.3. The second-order valence-corrected chi connectivity index (χ2v) is 16.5. The fourth-order valence-electron chi connectivity index (χ4n) is 9.23. The summed E-state index contributed by atoms with van der Waals surface area (Å²) in [5.74, 6) is 0. The molecule has 0 aliphatic rings. The Kier molecular flexibility index (Phi) is 10.7. The summed E-state index contributed by atoms with van der Waals surface area (Å²) in [6.45, 7) is 0. The van der Waals surface area contributed by atoms with E-state index in [1.807, 2.05) is 0 Å². The van der Waals surface area contributed by atoms with E-state index in [4.69, 9.17) is 0 Å². The van der Waals surface area contributed by atoms with Gasteiger partial charge in [-0.25, -0.2) is 0 Å². The molecule has 0 aromatic heterocycles. The molecule has 0 fully saturated rings. The van der Waals surface area contributed by atoms with Crippen LogP contribution in [-0.2, 0) is 0 Å². The van der Waals surface area contributed by atoms with Gasteiger partial charge in [-0.1, -0.05) is 224 Å². The highest BCUT2D eigenvalue weighted by Gasteiger charge is 2.17. The Balaban J connectivity index is 0.991. The van der Waals surface area contributed by atoms with Gasteiger partial charge >= 0.3 is 0 Å². The molecule has 0 atom stereocenters. The van der Waals surface area contributed by atoms with Crippen LogP contribution in [0.1, 0.15) is 0 Å². The molecule has 1 heteroatoms. The van der Waals surface area contributed by atoms with E-state index in [1.54, 1.807) is 0 Å². The Bertz CT molecular complexity index is 3360. The van der Waals surface area contributed by atoms with Crippen molar-refractivity contribution in [3.63, 3.8) is 0 Å². The zero-order valence-electron chi connectivity index (χ0n) is 35.9. The van der Waals surface area contributed by atoms with Crippen molar-refractivity contribution in [2.24, 2.45) is 0 Å². The van der Waals surface area contributed by atoms with Crippen LogP contribution >= 0.6 is 0 Å². The summed E-state index contributed by atoms with van der Waals surface area (Å²) >= 11 is 0. The first-order valence-corrected chi connectivity index (χ1v) is 22.3. The van der Waals surface area contributed by atoms with Crippen LogP contribution in [0.4, 0.5) is 17.1 Å². The maximum Gasteiger partial charge on any atom is 0.0462 e. The zero-order chi connectivity index (χ0) is 43.4. The third-order valence-corrected chi connectivity index (χ3v) is 12.5.